The normalized spacial score (nSPS) is 15.9. The molecule has 34 heavy (non-hydrogen) atoms. The van der Waals surface area contributed by atoms with Crippen LogP contribution in [0.1, 0.15) is 26.2 Å². The number of pyridine rings is 1. The van der Waals surface area contributed by atoms with E-state index in [1.807, 2.05) is 0 Å². The van der Waals surface area contributed by atoms with E-state index in [4.69, 9.17) is 16.3 Å². The fourth-order valence-corrected chi connectivity index (χ4v) is 4.10. The molecule has 3 aromatic rings. The minimum atomic E-state index is -0.603. The van der Waals surface area contributed by atoms with E-state index in [0.29, 0.717) is 35.1 Å². The van der Waals surface area contributed by atoms with Gasteiger partial charge in [-0.2, -0.15) is 0 Å². The SMILES string of the molecule is CCOC(=O)CNC(=O)N1CCCC[C@H]1CNc1nc(-c2c[nH]c3ncc(Cl)cc23)ncc1F. The molecule has 0 bridgehead atoms. The fourth-order valence-electron chi connectivity index (χ4n) is 3.94. The maximum atomic E-state index is 14.5. The topological polar surface area (TPSA) is 125 Å². The van der Waals surface area contributed by atoms with Crippen molar-refractivity contribution in [2.75, 3.05) is 31.6 Å². The number of urea groups is 1. The molecular formula is C22H25ClFN7O3. The summed E-state index contributed by atoms with van der Waals surface area (Å²) in [4.78, 5) is 41.6. The fraction of sp³-hybridized carbons (Fsp3) is 0.409. The monoisotopic (exact) mass is 489 g/mol. The molecule has 4 heterocycles. The first kappa shape index (κ1) is 23.7. The first-order valence-electron chi connectivity index (χ1n) is 11.1. The second-order valence-electron chi connectivity index (χ2n) is 7.83. The van der Waals surface area contributed by atoms with Crippen LogP contribution in [0.3, 0.4) is 0 Å². The van der Waals surface area contributed by atoms with Gasteiger partial charge in [-0.1, -0.05) is 11.6 Å². The van der Waals surface area contributed by atoms with E-state index in [9.17, 15) is 14.0 Å². The number of nitrogens with one attached hydrogen (secondary N) is 3. The first-order chi connectivity index (χ1) is 16.5. The Balaban J connectivity index is 1.46. The third-order valence-electron chi connectivity index (χ3n) is 5.57. The maximum absolute atomic E-state index is 14.5. The largest absolute Gasteiger partial charge is 0.465 e. The van der Waals surface area contributed by atoms with Gasteiger partial charge in [-0.3, -0.25) is 4.79 Å². The van der Waals surface area contributed by atoms with Crippen LogP contribution in [-0.2, 0) is 9.53 Å². The molecule has 0 saturated carbocycles. The molecule has 1 aliphatic heterocycles. The van der Waals surface area contributed by atoms with Crippen molar-refractivity contribution in [3.05, 3.63) is 35.5 Å². The van der Waals surface area contributed by atoms with Crippen molar-refractivity contribution in [3.8, 4) is 11.4 Å². The van der Waals surface area contributed by atoms with E-state index < -0.39 is 11.8 Å². The van der Waals surface area contributed by atoms with Gasteiger partial charge in [0.05, 0.1) is 23.9 Å². The van der Waals surface area contributed by atoms with Crippen LogP contribution in [0.4, 0.5) is 15.0 Å². The van der Waals surface area contributed by atoms with Crippen molar-refractivity contribution in [2.45, 2.75) is 32.2 Å². The summed E-state index contributed by atoms with van der Waals surface area (Å²) in [7, 11) is 0. The zero-order valence-corrected chi connectivity index (χ0v) is 19.4. The zero-order chi connectivity index (χ0) is 24.1. The van der Waals surface area contributed by atoms with Crippen LogP contribution >= 0.6 is 11.6 Å². The van der Waals surface area contributed by atoms with Gasteiger partial charge >= 0.3 is 12.0 Å². The number of hydrogen-bond acceptors (Lipinski definition) is 7. The number of anilines is 1. The Bertz CT molecular complexity index is 1190. The number of aromatic amines is 1. The zero-order valence-electron chi connectivity index (χ0n) is 18.6. The van der Waals surface area contributed by atoms with Gasteiger partial charge in [0.25, 0.3) is 0 Å². The van der Waals surface area contributed by atoms with Gasteiger partial charge in [0, 0.05) is 36.4 Å². The lowest BCUT2D eigenvalue weighted by atomic mass is 10.0. The summed E-state index contributed by atoms with van der Waals surface area (Å²) >= 11 is 6.07. The molecule has 0 aromatic carbocycles. The summed E-state index contributed by atoms with van der Waals surface area (Å²) in [5.41, 5.74) is 1.26. The van der Waals surface area contributed by atoms with Gasteiger partial charge < -0.3 is 25.3 Å². The summed E-state index contributed by atoms with van der Waals surface area (Å²) in [6.45, 7) is 2.59. The molecule has 2 amide bonds. The van der Waals surface area contributed by atoms with Crippen LogP contribution in [-0.4, -0.2) is 69.1 Å². The Morgan fingerprint density at radius 3 is 3.00 bits per heavy atom. The Morgan fingerprint density at radius 1 is 1.32 bits per heavy atom. The molecule has 1 atom stereocenters. The number of rotatable bonds is 7. The maximum Gasteiger partial charge on any atom is 0.325 e. The standard InChI is InChI=1S/C22H25ClFN7O3/c1-2-34-18(32)12-29-22(33)31-6-4-3-5-14(31)9-26-21-17(24)11-28-20(30-21)16-10-27-19-15(16)7-13(23)8-25-19/h7-8,10-11,14H,2-6,9,12H2,1H3,(H,25,27)(H,29,33)(H,26,28,30)/t14-/m0/s1. The smallest absolute Gasteiger partial charge is 0.325 e. The molecule has 12 heteroatoms. The highest BCUT2D eigenvalue weighted by atomic mass is 35.5. The molecule has 1 fully saturated rings. The number of H-pyrrole nitrogens is 1. The van der Waals surface area contributed by atoms with Crippen LogP contribution in [0.25, 0.3) is 22.4 Å². The Hall–Kier alpha value is -3.47. The third-order valence-corrected chi connectivity index (χ3v) is 5.77. The van der Waals surface area contributed by atoms with Crippen molar-refractivity contribution < 1.29 is 18.7 Å². The number of halogens is 2. The number of amides is 2. The molecular weight excluding hydrogens is 465 g/mol. The van der Waals surface area contributed by atoms with E-state index in [-0.39, 0.29) is 31.0 Å². The van der Waals surface area contributed by atoms with E-state index in [0.717, 1.165) is 30.8 Å². The van der Waals surface area contributed by atoms with Crippen LogP contribution in [0.5, 0.6) is 0 Å². The van der Waals surface area contributed by atoms with Gasteiger partial charge in [0.15, 0.2) is 17.5 Å². The van der Waals surface area contributed by atoms with Crippen molar-refractivity contribution in [3.63, 3.8) is 0 Å². The molecule has 3 aromatic heterocycles. The molecule has 0 radical (unpaired) electrons. The minimum absolute atomic E-state index is 0.0341. The molecule has 1 aliphatic rings. The number of hydrogen-bond donors (Lipinski definition) is 3. The average molecular weight is 490 g/mol. The summed E-state index contributed by atoms with van der Waals surface area (Å²) in [6.07, 6.45) is 6.86. The van der Waals surface area contributed by atoms with Gasteiger partial charge in [-0.25, -0.2) is 24.1 Å². The predicted molar refractivity (Wildman–Crippen MR) is 125 cm³/mol. The van der Waals surface area contributed by atoms with Crippen LogP contribution in [0.2, 0.25) is 5.02 Å². The molecule has 1 saturated heterocycles. The van der Waals surface area contributed by atoms with Gasteiger partial charge in [0.1, 0.15) is 12.2 Å². The highest BCUT2D eigenvalue weighted by molar-refractivity contribution is 6.31. The molecule has 4 rings (SSSR count). The summed E-state index contributed by atoms with van der Waals surface area (Å²) in [5.74, 6) is -0.751. The van der Waals surface area contributed by atoms with Crippen molar-refractivity contribution in [1.29, 1.82) is 0 Å². The molecule has 10 nitrogen and oxygen atoms in total. The second-order valence-corrected chi connectivity index (χ2v) is 8.27. The Kier molecular flexibility index (Phi) is 7.41. The molecule has 0 aliphatic carbocycles. The van der Waals surface area contributed by atoms with Gasteiger partial charge in [-0.15, -0.1) is 0 Å². The van der Waals surface area contributed by atoms with Crippen molar-refractivity contribution in [2.24, 2.45) is 0 Å². The molecule has 180 valence electrons. The van der Waals surface area contributed by atoms with Crippen molar-refractivity contribution in [1.82, 2.24) is 30.2 Å². The number of carbonyl (C=O) groups excluding carboxylic acids is 2. The average Bonchev–Trinajstić information content (AvgIpc) is 3.25. The van der Waals surface area contributed by atoms with E-state index in [1.54, 1.807) is 24.1 Å². The third kappa shape index (κ3) is 5.36. The van der Waals surface area contributed by atoms with Crippen molar-refractivity contribution >= 4 is 40.5 Å². The number of fused-ring (bicyclic) bond motifs is 1. The first-order valence-corrected chi connectivity index (χ1v) is 11.4. The van der Waals surface area contributed by atoms with Crippen LogP contribution in [0.15, 0.2) is 24.7 Å². The molecule has 3 N–H and O–H groups in total. The van der Waals surface area contributed by atoms with E-state index >= 15 is 0 Å². The van der Waals surface area contributed by atoms with Crippen LogP contribution < -0.4 is 10.6 Å². The number of aromatic nitrogens is 4. The minimum Gasteiger partial charge on any atom is -0.465 e. The second kappa shape index (κ2) is 10.6. The number of piperidine rings is 1. The summed E-state index contributed by atoms with van der Waals surface area (Å²) < 4.78 is 19.4. The van der Waals surface area contributed by atoms with Gasteiger partial charge in [-0.05, 0) is 32.3 Å². The number of esters is 1. The highest BCUT2D eigenvalue weighted by Gasteiger charge is 2.27. The number of ether oxygens (including phenoxy) is 1. The lowest BCUT2D eigenvalue weighted by molar-refractivity contribution is -0.141. The quantitative estimate of drug-likeness (QED) is 0.434. The number of carbonyl (C=O) groups is 2. The Labute approximate surface area is 200 Å². The summed E-state index contributed by atoms with van der Waals surface area (Å²) in [6, 6.07) is 1.20. The molecule has 0 unspecified atom stereocenters. The summed E-state index contributed by atoms with van der Waals surface area (Å²) in [5, 5.41) is 6.80. The van der Waals surface area contributed by atoms with Crippen LogP contribution in [0, 0.1) is 5.82 Å². The lowest BCUT2D eigenvalue weighted by Gasteiger charge is -2.35. The van der Waals surface area contributed by atoms with E-state index in [1.165, 1.54) is 6.20 Å². The number of nitrogens with zero attached hydrogens (tertiary/aromatic N) is 4. The molecule has 0 spiro atoms. The van der Waals surface area contributed by atoms with E-state index in [2.05, 4.69) is 30.6 Å². The lowest BCUT2D eigenvalue weighted by Crippen LogP contribution is -2.52. The Morgan fingerprint density at radius 2 is 2.18 bits per heavy atom. The number of likely N-dealkylation sites (tertiary alicyclic amines) is 1. The highest BCUT2D eigenvalue weighted by Crippen LogP contribution is 2.28. The van der Waals surface area contributed by atoms with Gasteiger partial charge in [0.2, 0.25) is 0 Å². The predicted octanol–water partition coefficient (Wildman–Crippen LogP) is 3.35.